The predicted molar refractivity (Wildman–Crippen MR) is 117 cm³/mol. The van der Waals surface area contributed by atoms with Crippen molar-refractivity contribution in [3.63, 3.8) is 0 Å². The molecule has 1 heterocycles. The Morgan fingerprint density at radius 3 is 2.48 bits per heavy atom. The van der Waals surface area contributed by atoms with Crippen molar-refractivity contribution in [2.75, 3.05) is 10.6 Å². The number of ether oxygens (including phenoxy) is 1. The van der Waals surface area contributed by atoms with Crippen LogP contribution < -0.4 is 15.4 Å². The summed E-state index contributed by atoms with van der Waals surface area (Å²) in [5, 5.41) is 6.61. The predicted octanol–water partition coefficient (Wildman–Crippen LogP) is 6.90. The molecule has 1 saturated carbocycles. The van der Waals surface area contributed by atoms with Crippen LogP contribution in [0.1, 0.15) is 25.7 Å². The van der Waals surface area contributed by atoms with Gasteiger partial charge in [0, 0.05) is 22.1 Å². The van der Waals surface area contributed by atoms with Gasteiger partial charge in [0.25, 0.3) is 0 Å². The van der Waals surface area contributed by atoms with Gasteiger partial charge in [-0.3, -0.25) is 0 Å². The average Bonchev–Trinajstić information content (AvgIpc) is 3.21. The van der Waals surface area contributed by atoms with Gasteiger partial charge in [0.05, 0.1) is 11.4 Å². The Balaban J connectivity index is 1.69. The van der Waals surface area contributed by atoms with Gasteiger partial charge in [0.2, 0.25) is 5.95 Å². The Morgan fingerprint density at radius 1 is 0.968 bits per heavy atom. The summed E-state index contributed by atoms with van der Waals surface area (Å²) in [6, 6.07) is 15.3. The van der Waals surface area contributed by atoms with Crippen LogP contribution in [-0.2, 0) is 0 Å². The minimum atomic E-state index is -4.76. The maximum Gasteiger partial charge on any atom is 0.573 e. The van der Waals surface area contributed by atoms with Gasteiger partial charge in [-0.15, -0.1) is 13.2 Å². The Morgan fingerprint density at radius 2 is 1.74 bits per heavy atom. The fraction of sp³-hybridized carbons (Fsp3) is 0.273. The molecule has 4 rings (SSSR count). The molecule has 1 aliphatic rings. The van der Waals surface area contributed by atoms with E-state index < -0.39 is 6.36 Å². The third-order valence-corrected chi connectivity index (χ3v) is 5.61. The lowest BCUT2D eigenvalue weighted by Crippen LogP contribution is -2.17. The van der Waals surface area contributed by atoms with Crippen LogP contribution in [0.3, 0.4) is 0 Å². The molecule has 2 aromatic carbocycles. The van der Waals surface area contributed by atoms with Gasteiger partial charge in [-0.1, -0.05) is 37.1 Å². The van der Waals surface area contributed by atoms with Crippen molar-refractivity contribution in [3.8, 4) is 17.0 Å². The highest BCUT2D eigenvalue weighted by Gasteiger charge is 2.31. The van der Waals surface area contributed by atoms with Crippen LogP contribution in [-0.4, -0.2) is 22.4 Å². The van der Waals surface area contributed by atoms with Crippen molar-refractivity contribution in [1.29, 1.82) is 0 Å². The normalized spacial score (nSPS) is 14.5. The zero-order valence-electron chi connectivity index (χ0n) is 16.4. The lowest BCUT2D eigenvalue weighted by Gasteiger charge is -2.16. The summed E-state index contributed by atoms with van der Waals surface area (Å²) in [6.45, 7) is 0. The summed E-state index contributed by atoms with van der Waals surface area (Å²) >= 11 is 3.50. The first kappa shape index (κ1) is 21.4. The zero-order valence-corrected chi connectivity index (χ0v) is 18.0. The van der Waals surface area contributed by atoms with Gasteiger partial charge in [-0.25, -0.2) is 4.98 Å². The number of rotatable bonds is 6. The first-order valence-electron chi connectivity index (χ1n) is 9.89. The molecule has 9 heteroatoms. The first-order chi connectivity index (χ1) is 14.9. The van der Waals surface area contributed by atoms with E-state index in [-0.39, 0.29) is 11.8 Å². The number of hydrogen-bond donors (Lipinski definition) is 2. The van der Waals surface area contributed by atoms with Gasteiger partial charge < -0.3 is 15.4 Å². The summed E-state index contributed by atoms with van der Waals surface area (Å²) in [4.78, 5) is 9.13. The van der Waals surface area contributed by atoms with Gasteiger partial charge in [-0.2, -0.15) is 4.98 Å². The Labute approximate surface area is 186 Å². The summed E-state index contributed by atoms with van der Waals surface area (Å²) in [7, 11) is 0. The van der Waals surface area contributed by atoms with Gasteiger partial charge in [-0.05, 0) is 53.0 Å². The second-order valence-electron chi connectivity index (χ2n) is 7.27. The van der Waals surface area contributed by atoms with E-state index in [1.807, 2.05) is 24.3 Å². The summed E-state index contributed by atoms with van der Waals surface area (Å²) in [5.41, 5.74) is 1.79. The highest BCUT2D eigenvalue weighted by atomic mass is 79.9. The van der Waals surface area contributed by atoms with E-state index in [2.05, 4.69) is 41.3 Å². The topological polar surface area (TPSA) is 59.1 Å². The fourth-order valence-corrected chi connectivity index (χ4v) is 3.91. The number of alkyl halides is 3. The number of benzene rings is 2. The number of hydrogen-bond acceptors (Lipinski definition) is 5. The van der Waals surface area contributed by atoms with Crippen molar-refractivity contribution in [1.82, 2.24) is 9.97 Å². The lowest BCUT2D eigenvalue weighted by molar-refractivity contribution is -0.274. The van der Waals surface area contributed by atoms with Crippen molar-refractivity contribution in [2.24, 2.45) is 0 Å². The Hall–Kier alpha value is -2.81. The molecule has 1 fully saturated rings. The van der Waals surface area contributed by atoms with E-state index in [4.69, 9.17) is 0 Å². The monoisotopic (exact) mass is 492 g/mol. The average molecular weight is 493 g/mol. The van der Waals surface area contributed by atoms with Crippen molar-refractivity contribution in [2.45, 2.75) is 38.1 Å². The Kier molecular flexibility index (Phi) is 6.31. The van der Waals surface area contributed by atoms with Crippen LogP contribution in [0.4, 0.5) is 30.6 Å². The summed E-state index contributed by atoms with van der Waals surface area (Å²) in [6.07, 6.45) is -0.386. The van der Waals surface area contributed by atoms with Gasteiger partial charge in [0.15, 0.2) is 0 Å². The number of anilines is 3. The fourth-order valence-electron chi connectivity index (χ4n) is 3.53. The number of nitrogens with one attached hydrogen (secondary N) is 2. The van der Waals surface area contributed by atoms with E-state index in [1.165, 1.54) is 18.2 Å². The van der Waals surface area contributed by atoms with Gasteiger partial charge in [0.1, 0.15) is 11.6 Å². The highest BCUT2D eigenvalue weighted by Crippen LogP contribution is 2.31. The lowest BCUT2D eigenvalue weighted by atomic mass is 10.1. The zero-order chi connectivity index (χ0) is 21.8. The molecule has 1 aromatic heterocycles. The van der Waals surface area contributed by atoms with Crippen molar-refractivity contribution < 1.29 is 17.9 Å². The molecule has 162 valence electrons. The summed E-state index contributed by atoms with van der Waals surface area (Å²) in [5.74, 6) is 0.662. The molecule has 0 aliphatic heterocycles. The quantitative estimate of drug-likeness (QED) is 0.391. The van der Waals surface area contributed by atoms with E-state index in [0.29, 0.717) is 23.0 Å². The van der Waals surface area contributed by atoms with E-state index in [9.17, 15) is 13.2 Å². The highest BCUT2D eigenvalue weighted by molar-refractivity contribution is 9.10. The second kappa shape index (κ2) is 9.13. The van der Waals surface area contributed by atoms with E-state index >= 15 is 0 Å². The van der Waals surface area contributed by atoms with Crippen LogP contribution in [0.15, 0.2) is 59.1 Å². The largest absolute Gasteiger partial charge is 0.573 e. The maximum absolute atomic E-state index is 12.6. The van der Waals surface area contributed by atoms with Crippen molar-refractivity contribution in [3.05, 3.63) is 59.1 Å². The molecule has 0 spiro atoms. The van der Waals surface area contributed by atoms with Crippen LogP contribution in [0.25, 0.3) is 11.3 Å². The standard InChI is InChI=1S/C22H20BrF3N4O/c23-17-10-3-4-11-18(17)28-20-13-19(29-21(30-20)27-15-7-1-2-8-15)14-6-5-9-16(12-14)31-22(24,25)26/h3-6,9-13,15H,1-2,7-8H2,(H2,27,28,29,30). The minimum Gasteiger partial charge on any atom is -0.406 e. The molecule has 0 bridgehead atoms. The van der Waals surface area contributed by atoms with Crippen LogP contribution in [0, 0.1) is 0 Å². The number of nitrogens with zero attached hydrogens (tertiary/aromatic N) is 2. The molecule has 0 saturated heterocycles. The van der Waals surface area contributed by atoms with Crippen molar-refractivity contribution >= 4 is 33.4 Å². The van der Waals surface area contributed by atoms with E-state index in [1.54, 1.807) is 12.1 Å². The molecule has 0 amide bonds. The summed E-state index contributed by atoms with van der Waals surface area (Å²) < 4.78 is 42.8. The molecular weight excluding hydrogens is 473 g/mol. The Bertz CT molecular complexity index is 1050. The molecular formula is C22H20BrF3N4O. The van der Waals surface area contributed by atoms with E-state index in [0.717, 1.165) is 35.8 Å². The van der Waals surface area contributed by atoms with Crippen LogP contribution >= 0.6 is 15.9 Å². The van der Waals surface area contributed by atoms with Gasteiger partial charge >= 0.3 is 6.36 Å². The van der Waals surface area contributed by atoms with Crippen LogP contribution in [0.5, 0.6) is 5.75 Å². The molecule has 31 heavy (non-hydrogen) atoms. The second-order valence-corrected chi connectivity index (χ2v) is 8.12. The maximum atomic E-state index is 12.6. The number of halogens is 4. The molecule has 5 nitrogen and oxygen atoms in total. The number of aromatic nitrogens is 2. The van der Waals surface area contributed by atoms with Crippen LogP contribution in [0.2, 0.25) is 0 Å². The minimum absolute atomic E-state index is 0.284. The third-order valence-electron chi connectivity index (χ3n) is 4.91. The molecule has 2 N–H and O–H groups in total. The molecule has 0 radical (unpaired) electrons. The molecule has 3 aromatic rings. The SMILES string of the molecule is FC(F)(F)Oc1cccc(-c2cc(Nc3ccccc3Br)nc(NC3CCCC3)n2)c1. The smallest absolute Gasteiger partial charge is 0.406 e. The first-order valence-corrected chi connectivity index (χ1v) is 10.7. The molecule has 0 unspecified atom stereocenters. The molecule has 1 aliphatic carbocycles. The number of para-hydroxylation sites is 1. The molecule has 0 atom stereocenters. The third kappa shape index (κ3) is 5.88.